The molecular formula is C14H20FNO2. The van der Waals surface area contributed by atoms with E-state index in [4.69, 9.17) is 4.74 Å². The standard InChI is InChI=1S/C14H20FNO2/c1-11(17)12-6-7-16(10-12)8-9-18-14-4-2-13(15)3-5-14/h2-5,11-12,17H,6-10H2,1H3. The molecule has 1 aliphatic rings. The molecule has 1 aromatic rings. The van der Waals surface area contributed by atoms with Crippen LogP contribution >= 0.6 is 0 Å². The maximum absolute atomic E-state index is 12.7. The van der Waals surface area contributed by atoms with E-state index in [0.717, 1.165) is 26.1 Å². The largest absolute Gasteiger partial charge is 0.492 e. The summed E-state index contributed by atoms with van der Waals surface area (Å²) in [6, 6.07) is 6.07. The fourth-order valence-corrected chi connectivity index (χ4v) is 2.28. The molecule has 1 heterocycles. The van der Waals surface area contributed by atoms with E-state index in [9.17, 15) is 9.50 Å². The van der Waals surface area contributed by atoms with Gasteiger partial charge in [-0.3, -0.25) is 4.90 Å². The molecule has 100 valence electrons. The number of likely N-dealkylation sites (tertiary alicyclic amines) is 1. The van der Waals surface area contributed by atoms with E-state index >= 15 is 0 Å². The predicted molar refractivity (Wildman–Crippen MR) is 68.1 cm³/mol. The maximum Gasteiger partial charge on any atom is 0.123 e. The van der Waals surface area contributed by atoms with Gasteiger partial charge in [0.25, 0.3) is 0 Å². The molecule has 0 bridgehead atoms. The minimum Gasteiger partial charge on any atom is -0.492 e. The van der Waals surface area contributed by atoms with Crippen LogP contribution in [0.25, 0.3) is 0 Å². The van der Waals surface area contributed by atoms with Crippen LogP contribution in [0.2, 0.25) is 0 Å². The van der Waals surface area contributed by atoms with Gasteiger partial charge in [0.1, 0.15) is 18.2 Å². The summed E-state index contributed by atoms with van der Waals surface area (Å²) in [7, 11) is 0. The molecule has 4 heteroatoms. The molecule has 1 aromatic carbocycles. The zero-order valence-electron chi connectivity index (χ0n) is 10.7. The van der Waals surface area contributed by atoms with Gasteiger partial charge in [0.2, 0.25) is 0 Å². The van der Waals surface area contributed by atoms with Crippen LogP contribution in [-0.2, 0) is 0 Å². The summed E-state index contributed by atoms with van der Waals surface area (Å²) in [6.07, 6.45) is 0.821. The highest BCUT2D eigenvalue weighted by atomic mass is 19.1. The topological polar surface area (TPSA) is 32.7 Å². The van der Waals surface area contributed by atoms with E-state index in [-0.39, 0.29) is 11.9 Å². The van der Waals surface area contributed by atoms with Crippen molar-refractivity contribution in [3.63, 3.8) is 0 Å². The van der Waals surface area contributed by atoms with Crippen LogP contribution in [0.15, 0.2) is 24.3 Å². The summed E-state index contributed by atoms with van der Waals surface area (Å²) in [5, 5.41) is 9.51. The zero-order chi connectivity index (χ0) is 13.0. The van der Waals surface area contributed by atoms with Gasteiger partial charge in [-0.05, 0) is 50.1 Å². The Balaban J connectivity index is 1.68. The summed E-state index contributed by atoms with van der Waals surface area (Å²) in [6.45, 7) is 5.24. The van der Waals surface area contributed by atoms with Crippen molar-refractivity contribution < 1.29 is 14.2 Å². The van der Waals surface area contributed by atoms with E-state index in [1.807, 2.05) is 6.92 Å². The molecule has 3 nitrogen and oxygen atoms in total. The number of aliphatic hydroxyl groups is 1. The van der Waals surface area contributed by atoms with Crippen molar-refractivity contribution >= 4 is 0 Å². The number of nitrogens with zero attached hydrogens (tertiary/aromatic N) is 1. The molecule has 18 heavy (non-hydrogen) atoms. The number of hydrogen-bond donors (Lipinski definition) is 1. The highest BCUT2D eigenvalue weighted by molar-refractivity contribution is 5.21. The maximum atomic E-state index is 12.7. The predicted octanol–water partition coefficient (Wildman–Crippen LogP) is 1.91. The Hall–Kier alpha value is -1.13. The Morgan fingerprint density at radius 2 is 2.17 bits per heavy atom. The van der Waals surface area contributed by atoms with Crippen molar-refractivity contribution in [3.8, 4) is 5.75 Å². The molecule has 0 saturated carbocycles. The summed E-state index contributed by atoms with van der Waals surface area (Å²) < 4.78 is 18.2. The number of halogens is 1. The van der Waals surface area contributed by atoms with Crippen LogP contribution < -0.4 is 4.74 Å². The molecule has 1 saturated heterocycles. The van der Waals surface area contributed by atoms with Gasteiger partial charge in [0.15, 0.2) is 0 Å². The monoisotopic (exact) mass is 253 g/mol. The van der Waals surface area contributed by atoms with Crippen molar-refractivity contribution in [1.82, 2.24) is 4.90 Å². The number of aliphatic hydroxyl groups excluding tert-OH is 1. The number of rotatable bonds is 5. The van der Waals surface area contributed by atoms with Gasteiger partial charge in [-0.15, -0.1) is 0 Å². The van der Waals surface area contributed by atoms with Gasteiger partial charge in [-0.1, -0.05) is 0 Å². The Morgan fingerprint density at radius 1 is 1.44 bits per heavy atom. The smallest absolute Gasteiger partial charge is 0.123 e. The zero-order valence-corrected chi connectivity index (χ0v) is 10.7. The fraction of sp³-hybridized carbons (Fsp3) is 0.571. The molecule has 2 rings (SSSR count). The van der Waals surface area contributed by atoms with Crippen LogP contribution in [0, 0.1) is 11.7 Å². The molecule has 0 spiro atoms. The van der Waals surface area contributed by atoms with E-state index < -0.39 is 0 Å². The number of hydrogen-bond acceptors (Lipinski definition) is 3. The second kappa shape index (κ2) is 6.16. The lowest BCUT2D eigenvalue weighted by Gasteiger charge is -2.17. The molecule has 0 aromatic heterocycles. The first-order valence-corrected chi connectivity index (χ1v) is 6.44. The Labute approximate surface area is 107 Å². The summed E-state index contributed by atoms with van der Waals surface area (Å²) in [5.74, 6) is 0.833. The minimum atomic E-state index is -0.248. The molecular weight excluding hydrogens is 233 g/mol. The van der Waals surface area contributed by atoms with Gasteiger partial charge in [0.05, 0.1) is 6.10 Å². The summed E-state index contributed by atoms with van der Waals surface area (Å²) in [5.41, 5.74) is 0. The molecule has 1 fully saturated rings. The quantitative estimate of drug-likeness (QED) is 0.870. The lowest BCUT2D eigenvalue weighted by atomic mass is 10.0. The van der Waals surface area contributed by atoms with Crippen molar-refractivity contribution in [1.29, 1.82) is 0 Å². The molecule has 0 radical (unpaired) electrons. The van der Waals surface area contributed by atoms with Crippen molar-refractivity contribution in [2.24, 2.45) is 5.92 Å². The number of benzene rings is 1. The highest BCUT2D eigenvalue weighted by Crippen LogP contribution is 2.19. The molecule has 2 unspecified atom stereocenters. The lowest BCUT2D eigenvalue weighted by Crippen LogP contribution is -2.28. The molecule has 2 atom stereocenters. The molecule has 0 amide bonds. The second-order valence-electron chi connectivity index (χ2n) is 4.89. The summed E-state index contributed by atoms with van der Waals surface area (Å²) >= 11 is 0. The normalized spacial score (nSPS) is 22.1. The van der Waals surface area contributed by atoms with Gasteiger partial charge in [-0.25, -0.2) is 4.39 Å². The minimum absolute atomic E-state index is 0.229. The van der Waals surface area contributed by atoms with E-state index in [2.05, 4.69) is 4.90 Å². The van der Waals surface area contributed by atoms with Crippen molar-refractivity contribution in [3.05, 3.63) is 30.1 Å². The Kier molecular flexibility index (Phi) is 4.55. The molecule has 0 aliphatic carbocycles. The van der Waals surface area contributed by atoms with Crippen LogP contribution in [0.5, 0.6) is 5.75 Å². The van der Waals surface area contributed by atoms with Crippen molar-refractivity contribution in [2.75, 3.05) is 26.2 Å². The third-order valence-electron chi connectivity index (χ3n) is 3.48. The lowest BCUT2D eigenvalue weighted by molar-refractivity contribution is 0.125. The van der Waals surface area contributed by atoms with Crippen LogP contribution in [0.3, 0.4) is 0 Å². The van der Waals surface area contributed by atoms with E-state index in [0.29, 0.717) is 18.3 Å². The molecule has 1 N–H and O–H groups in total. The van der Waals surface area contributed by atoms with E-state index in [1.54, 1.807) is 12.1 Å². The Bertz CT molecular complexity index is 367. The van der Waals surface area contributed by atoms with Gasteiger partial charge >= 0.3 is 0 Å². The second-order valence-corrected chi connectivity index (χ2v) is 4.89. The van der Waals surface area contributed by atoms with Crippen molar-refractivity contribution in [2.45, 2.75) is 19.4 Å². The van der Waals surface area contributed by atoms with E-state index in [1.165, 1.54) is 12.1 Å². The van der Waals surface area contributed by atoms with Gasteiger partial charge in [-0.2, -0.15) is 0 Å². The average Bonchev–Trinajstić information content (AvgIpc) is 2.81. The first kappa shape index (κ1) is 13.3. The van der Waals surface area contributed by atoms with Crippen LogP contribution in [0.1, 0.15) is 13.3 Å². The average molecular weight is 253 g/mol. The fourth-order valence-electron chi connectivity index (χ4n) is 2.28. The Morgan fingerprint density at radius 3 is 2.78 bits per heavy atom. The van der Waals surface area contributed by atoms with Gasteiger partial charge < -0.3 is 9.84 Å². The number of ether oxygens (including phenoxy) is 1. The van der Waals surface area contributed by atoms with Crippen LogP contribution in [-0.4, -0.2) is 42.4 Å². The first-order valence-electron chi connectivity index (χ1n) is 6.44. The van der Waals surface area contributed by atoms with Crippen LogP contribution in [0.4, 0.5) is 4.39 Å². The summed E-state index contributed by atoms with van der Waals surface area (Å²) in [4.78, 5) is 2.29. The third kappa shape index (κ3) is 3.68. The highest BCUT2D eigenvalue weighted by Gasteiger charge is 2.25. The molecule has 1 aliphatic heterocycles. The SMILES string of the molecule is CC(O)C1CCN(CCOc2ccc(F)cc2)C1. The van der Waals surface area contributed by atoms with Gasteiger partial charge in [0, 0.05) is 13.1 Å². The third-order valence-corrected chi connectivity index (χ3v) is 3.48. The first-order chi connectivity index (χ1) is 8.65.